The van der Waals surface area contributed by atoms with Crippen LogP contribution in [0.1, 0.15) is 21.5 Å². The number of nitrogens with zero attached hydrogens (tertiary/aromatic N) is 1. The molecular weight excluding hydrogens is 480 g/mol. The maximum absolute atomic E-state index is 13.9. The van der Waals surface area contributed by atoms with Crippen molar-refractivity contribution in [3.8, 4) is 5.75 Å². The first-order valence-electron chi connectivity index (χ1n) is 11.2. The summed E-state index contributed by atoms with van der Waals surface area (Å²) >= 11 is 0. The van der Waals surface area contributed by atoms with E-state index in [-0.39, 0.29) is 29.1 Å². The molecule has 4 rings (SSSR count). The minimum atomic E-state index is -4.18. The molecule has 0 fully saturated rings. The predicted molar refractivity (Wildman–Crippen MR) is 137 cm³/mol. The first kappa shape index (κ1) is 25.2. The van der Waals surface area contributed by atoms with Crippen molar-refractivity contribution in [3.63, 3.8) is 0 Å². The number of benzene rings is 3. The van der Waals surface area contributed by atoms with Crippen molar-refractivity contribution in [2.75, 3.05) is 20.8 Å². The largest absolute Gasteiger partial charge is 0.497 e. The molecule has 1 N–H and O–H groups in total. The Morgan fingerprint density at radius 1 is 0.944 bits per heavy atom. The predicted octanol–water partition coefficient (Wildman–Crippen LogP) is 3.76. The molecule has 0 unspecified atom stereocenters. The Labute approximate surface area is 209 Å². The van der Waals surface area contributed by atoms with Crippen molar-refractivity contribution in [2.24, 2.45) is 0 Å². The molecule has 186 valence electrons. The van der Waals surface area contributed by atoms with Gasteiger partial charge in [-0.15, -0.1) is 0 Å². The van der Waals surface area contributed by atoms with E-state index in [2.05, 4.69) is 4.98 Å². The summed E-state index contributed by atoms with van der Waals surface area (Å²) in [5.41, 5.74) is 1.36. The number of ether oxygens (including phenoxy) is 2. The number of fused-ring (bicyclic) bond motifs is 1. The molecule has 0 bridgehead atoms. The topological polar surface area (TPSA) is 106 Å². The third kappa shape index (κ3) is 5.32. The number of aromatic amines is 1. The standard InChI is InChI=1S/C27H26N2O6S/c1-34-22-12-13-24-20(17-22)16-21(26(30)28-24)18-29(15-14-19-8-4-3-5-9-19)36(32,33)25-11-7-6-10-23(25)27(31)35-2/h3-13,16-17H,14-15,18H2,1-2H3,(H,28,30). The Morgan fingerprint density at radius 2 is 1.67 bits per heavy atom. The molecule has 0 saturated carbocycles. The molecule has 0 atom stereocenters. The molecule has 36 heavy (non-hydrogen) atoms. The van der Waals surface area contributed by atoms with Crippen LogP contribution in [0.5, 0.6) is 5.75 Å². The molecule has 0 aliphatic rings. The van der Waals surface area contributed by atoms with Crippen LogP contribution in [0.25, 0.3) is 10.9 Å². The smallest absolute Gasteiger partial charge is 0.339 e. The highest BCUT2D eigenvalue weighted by Crippen LogP contribution is 2.24. The highest BCUT2D eigenvalue weighted by molar-refractivity contribution is 7.89. The second-order valence-electron chi connectivity index (χ2n) is 8.14. The second kappa shape index (κ2) is 10.8. The van der Waals surface area contributed by atoms with Crippen LogP contribution in [-0.4, -0.2) is 44.4 Å². The Kier molecular flexibility index (Phi) is 7.52. The lowest BCUT2D eigenvalue weighted by atomic mass is 10.1. The normalized spacial score (nSPS) is 11.5. The summed E-state index contributed by atoms with van der Waals surface area (Å²) < 4.78 is 39.0. The lowest BCUT2D eigenvalue weighted by Gasteiger charge is -2.23. The minimum Gasteiger partial charge on any atom is -0.497 e. The molecule has 0 aliphatic carbocycles. The second-order valence-corrected chi connectivity index (χ2v) is 10.0. The molecule has 4 aromatic rings. The van der Waals surface area contributed by atoms with Crippen molar-refractivity contribution in [2.45, 2.75) is 17.9 Å². The van der Waals surface area contributed by atoms with Crippen molar-refractivity contribution in [3.05, 3.63) is 106 Å². The van der Waals surface area contributed by atoms with E-state index in [0.29, 0.717) is 23.1 Å². The summed E-state index contributed by atoms with van der Waals surface area (Å²) in [6, 6.07) is 22.2. The fourth-order valence-corrected chi connectivity index (χ4v) is 5.55. The number of sulfonamides is 1. The molecule has 0 amide bonds. The first-order valence-corrected chi connectivity index (χ1v) is 12.7. The maximum Gasteiger partial charge on any atom is 0.339 e. The fourth-order valence-electron chi connectivity index (χ4n) is 3.96. The summed E-state index contributed by atoms with van der Waals surface area (Å²) in [5.74, 6) is -0.145. The van der Waals surface area contributed by atoms with Crippen LogP contribution in [0.2, 0.25) is 0 Å². The van der Waals surface area contributed by atoms with Crippen LogP contribution >= 0.6 is 0 Å². The summed E-state index contributed by atoms with van der Waals surface area (Å²) in [6.07, 6.45) is 0.416. The van der Waals surface area contributed by atoms with Crippen LogP contribution < -0.4 is 10.3 Å². The maximum atomic E-state index is 13.9. The van der Waals surface area contributed by atoms with Crippen LogP contribution in [0, 0.1) is 0 Å². The molecule has 3 aromatic carbocycles. The summed E-state index contributed by atoms with van der Waals surface area (Å²) in [5, 5.41) is 0.708. The SMILES string of the molecule is COC(=O)c1ccccc1S(=O)(=O)N(CCc1ccccc1)Cc1cc2cc(OC)ccc2[nH]c1=O. The zero-order valence-corrected chi connectivity index (χ0v) is 20.7. The summed E-state index contributed by atoms with van der Waals surface area (Å²) in [7, 11) is -1.44. The van der Waals surface area contributed by atoms with Crippen molar-refractivity contribution in [1.29, 1.82) is 0 Å². The van der Waals surface area contributed by atoms with Gasteiger partial charge in [0.1, 0.15) is 5.75 Å². The number of aromatic nitrogens is 1. The number of pyridine rings is 1. The third-order valence-corrected chi connectivity index (χ3v) is 7.78. The van der Waals surface area contributed by atoms with Crippen LogP contribution in [-0.2, 0) is 27.7 Å². The van der Waals surface area contributed by atoms with Gasteiger partial charge in [0.25, 0.3) is 5.56 Å². The Hall–Kier alpha value is -3.95. The molecule has 0 radical (unpaired) electrons. The van der Waals surface area contributed by atoms with Crippen molar-refractivity contribution >= 4 is 26.9 Å². The lowest BCUT2D eigenvalue weighted by Crippen LogP contribution is -2.35. The zero-order chi connectivity index (χ0) is 25.7. The third-order valence-electron chi connectivity index (χ3n) is 5.88. The summed E-state index contributed by atoms with van der Waals surface area (Å²) in [4.78, 5) is 27.9. The molecule has 1 heterocycles. The van der Waals surface area contributed by atoms with Gasteiger partial charge in [-0.05, 0) is 48.4 Å². The van der Waals surface area contributed by atoms with E-state index in [1.54, 1.807) is 43.5 Å². The van der Waals surface area contributed by atoms with E-state index in [0.717, 1.165) is 5.56 Å². The molecule has 1 aromatic heterocycles. The molecule has 0 aliphatic heterocycles. The average molecular weight is 507 g/mol. The van der Waals surface area contributed by atoms with Crippen LogP contribution in [0.15, 0.2) is 88.6 Å². The van der Waals surface area contributed by atoms with Crippen LogP contribution in [0.3, 0.4) is 0 Å². The number of hydrogen-bond acceptors (Lipinski definition) is 6. The Bertz CT molecular complexity index is 1550. The van der Waals surface area contributed by atoms with E-state index in [4.69, 9.17) is 9.47 Å². The van der Waals surface area contributed by atoms with Gasteiger partial charge in [0.15, 0.2) is 0 Å². The number of nitrogens with one attached hydrogen (secondary N) is 1. The molecule has 0 spiro atoms. The summed E-state index contributed by atoms with van der Waals surface area (Å²) in [6.45, 7) is -0.0927. The Balaban J connectivity index is 1.77. The van der Waals surface area contributed by atoms with Gasteiger partial charge in [0, 0.05) is 29.6 Å². The molecular formula is C27H26N2O6S. The van der Waals surface area contributed by atoms with Gasteiger partial charge in [-0.2, -0.15) is 4.31 Å². The quantitative estimate of drug-likeness (QED) is 0.347. The average Bonchev–Trinajstić information content (AvgIpc) is 2.90. The minimum absolute atomic E-state index is 0.0677. The number of H-pyrrole nitrogens is 1. The van der Waals surface area contributed by atoms with Gasteiger partial charge in [-0.1, -0.05) is 42.5 Å². The zero-order valence-electron chi connectivity index (χ0n) is 19.9. The van der Waals surface area contributed by atoms with Crippen molar-refractivity contribution in [1.82, 2.24) is 9.29 Å². The number of esters is 1. The van der Waals surface area contributed by atoms with Crippen molar-refractivity contribution < 1.29 is 22.7 Å². The molecule has 0 saturated heterocycles. The highest BCUT2D eigenvalue weighted by atomic mass is 32.2. The van der Waals surface area contributed by atoms with Gasteiger partial charge < -0.3 is 14.5 Å². The van der Waals surface area contributed by atoms with Gasteiger partial charge in [-0.3, -0.25) is 4.79 Å². The number of methoxy groups -OCH3 is 2. The molecule has 9 heteroatoms. The van der Waals surface area contributed by atoms with E-state index in [1.807, 2.05) is 30.3 Å². The van der Waals surface area contributed by atoms with E-state index >= 15 is 0 Å². The van der Waals surface area contributed by atoms with Gasteiger partial charge in [-0.25, -0.2) is 13.2 Å². The number of hydrogen-bond donors (Lipinski definition) is 1. The van der Waals surface area contributed by atoms with Crippen LogP contribution in [0.4, 0.5) is 0 Å². The van der Waals surface area contributed by atoms with Gasteiger partial charge >= 0.3 is 5.97 Å². The van der Waals surface area contributed by atoms with Gasteiger partial charge in [0.05, 0.1) is 24.7 Å². The lowest BCUT2D eigenvalue weighted by molar-refractivity contribution is 0.0596. The van der Waals surface area contributed by atoms with E-state index in [9.17, 15) is 18.0 Å². The number of rotatable bonds is 9. The highest BCUT2D eigenvalue weighted by Gasteiger charge is 2.30. The van der Waals surface area contributed by atoms with E-state index < -0.39 is 21.6 Å². The monoisotopic (exact) mass is 506 g/mol. The number of carbonyl (C=O) groups excluding carboxylic acids is 1. The number of carbonyl (C=O) groups is 1. The first-order chi connectivity index (χ1) is 17.3. The Morgan fingerprint density at radius 3 is 2.39 bits per heavy atom. The molecule has 8 nitrogen and oxygen atoms in total. The van der Waals surface area contributed by atoms with E-state index in [1.165, 1.54) is 23.5 Å². The fraction of sp³-hybridized carbons (Fsp3) is 0.185. The van der Waals surface area contributed by atoms with Gasteiger partial charge in [0.2, 0.25) is 10.0 Å².